The molecule has 0 aliphatic heterocycles. The zero-order valence-corrected chi connectivity index (χ0v) is 38.3. The summed E-state index contributed by atoms with van der Waals surface area (Å²) in [4.78, 5) is 25.3. The van der Waals surface area contributed by atoms with Crippen LogP contribution in [0.3, 0.4) is 0 Å². The standard InChI is InChI=1S/C53H92O5/c1-4-7-10-13-16-19-21-23-25-27-29-31-33-35-37-40-43-46-52(54)57-50-51(49-56-48-45-42-39-18-15-12-9-6-3)58-53(55)47-44-41-38-36-34-32-30-28-26-24-22-20-17-14-11-8-5-2/h7,10,16,19,23-26,29,31,35,37,51H,4-6,8-9,11-15,17-18,20-22,27-28,30,32-34,36,38-50H2,1-3H3/b10-7-,19-16-,25-23-,26-24-,31-29-,37-35-. The minimum absolute atomic E-state index is 0.0535. The first-order valence-corrected chi connectivity index (χ1v) is 24.5. The third-order valence-corrected chi connectivity index (χ3v) is 10.2. The lowest BCUT2D eigenvalue weighted by Gasteiger charge is -2.18. The van der Waals surface area contributed by atoms with Crippen LogP contribution in [0.2, 0.25) is 0 Å². The number of carbonyl (C=O) groups excluding carboxylic acids is 2. The van der Waals surface area contributed by atoms with E-state index in [4.69, 9.17) is 14.2 Å². The number of hydrogen-bond acceptors (Lipinski definition) is 5. The molecule has 334 valence electrons. The lowest BCUT2D eigenvalue weighted by Crippen LogP contribution is -2.30. The van der Waals surface area contributed by atoms with Crippen LogP contribution in [0, 0.1) is 0 Å². The first-order valence-electron chi connectivity index (χ1n) is 24.5. The maximum atomic E-state index is 12.7. The Kier molecular flexibility index (Phi) is 46.5. The highest BCUT2D eigenvalue weighted by Gasteiger charge is 2.17. The second kappa shape index (κ2) is 48.7. The summed E-state index contributed by atoms with van der Waals surface area (Å²) >= 11 is 0. The Morgan fingerprint density at radius 1 is 0.397 bits per heavy atom. The molecule has 5 nitrogen and oxygen atoms in total. The van der Waals surface area contributed by atoms with Crippen LogP contribution >= 0.6 is 0 Å². The smallest absolute Gasteiger partial charge is 0.306 e. The molecule has 0 bridgehead atoms. The minimum atomic E-state index is -0.559. The van der Waals surface area contributed by atoms with E-state index in [0.29, 0.717) is 19.4 Å². The number of unbranched alkanes of at least 4 members (excludes halogenated alkanes) is 21. The van der Waals surface area contributed by atoms with Gasteiger partial charge in [0.25, 0.3) is 0 Å². The molecule has 0 aliphatic carbocycles. The third-order valence-electron chi connectivity index (χ3n) is 10.2. The van der Waals surface area contributed by atoms with E-state index in [1.54, 1.807) is 0 Å². The van der Waals surface area contributed by atoms with Gasteiger partial charge in [0.05, 0.1) is 6.61 Å². The maximum Gasteiger partial charge on any atom is 0.306 e. The van der Waals surface area contributed by atoms with E-state index in [2.05, 4.69) is 93.7 Å². The molecule has 0 aromatic carbocycles. The van der Waals surface area contributed by atoms with Crippen LogP contribution in [0.1, 0.15) is 226 Å². The molecule has 0 aromatic rings. The van der Waals surface area contributed by atoms with Crippen molar-refractivity contribution in [2.45, 2.75) is 232 Å². The molecule has 0 heterocycles. The zero-order chi connectivity index (χ0) is 42.1. The number of carbonyl (C=O) groups is 2. The molecule has 0 saturated carbocycles. The van der Waals surface area contributed by atoms with Gasteiger partial charge >= 0.3 is 11.9 Å². The molecular weight excluding hydrogens is 717 g/mol. The van der Waals surface area contributed by atoms with Gasteiger partial charge in [-0.15, -0.1) is 0 Å². The Morgan fingerprint density at radius 2 is 0.793 bits per heavy atom. The van der Waals surface area contributed by atoms with E-state index >= 15 is 0 Å². The van der Waals surface area contributed by atoms with Gasteiger partial charge in [0.2, 0.25) is 0 Å². The SMILES string of the molecule is CC/C=C\C/C=C\C/C=C\C/C=C\C/C=C\CCCC(=O)OCC(COCCCCCCCCCC)OC(=O)CCCCCCCCC/C=C\CCCCCCCC. The van der Waals surface area contributed by atoms with Crippen molar-refractivity contribution in [3.8, 4) is 0 Å². The Labute approximate surface area is 359 Å². The lowest BCUT2D eigenvalue weighted by molar-refractivity contribution is -0.163. The molecular formula is C53H92O5. The van der Waals surface area contributed by atoms with Gasteiger partial charge in [0.15, 0.2) is 6.10 Å². The fraction of sp³-hybridized carbons (Fsp3) is 0.736. The second-order valence-corrected chi connectivity index (χ2v) is 16.0. The molecule has 5 heteroatoms. The van der Waals surface area contributed by atoms with Gasteiger partial charge in [-0.3, -0.25) is 9.59 Å². The number of hydrogen-bond donors (Lipinski definition) is 0. The largest absolute Gasteiger partial charge is 0.462 e. The molecule has 0 aliphatic rings. The first kappa shape index (κ1) is 55.3. The van der Waals surface area contributed by atoms with Crippen LogP contribution in [0.25, 0.3) is 0 Å². The van der Waals surface area contributed by atoms with Gasteiger partial charge in [-0.1, -0.05) is 203 Å². The Bertz CT molecular complexity index is 1050. The number of rotatable bonds is 44. The summed E-state index contributed by atoms with van der Waals surface area (Å²) in [5, 5.41) is 0. The predicted molar refractivity (Wildman–Crippen MR) is 251 cm³/mol. The summed E-state index contributed by atoms with van der Waals surface area (Å²) in [6.45, 7) is 7.63. The number of allylic oxidation sites excluding steroid dienone is 12. The second-order valence-electron chi connectivity index (χ2n) is 16.0. The molecule has 0 amide bonds. The molecule has 58 heavy (non-hydrogen) atoms. The van der Waals surface area contributed by atoms with Crippen LogP contribution < -0.4 is 0 Å². The van der Waals surface area contributed by atoms with E-state index < -0.39 is 6.10 Å². The van der Waals surface area contributed by atoms with Crippen LogP contribution in [0.4, 0.5) is 0 Å². The molecule has 0 fully saturated rings. The Hall–Kier alpha value is -2.66. The van der Waals surface area contributed by atoms with Crippen LogP contribution in [-0.4, -0.2) is 37.9 Å². The van der Waals surface area contributed by atoms with Gasteiger partial charge in [-0.2, -0.15) is 0 Å². The van der Waals surface area contributed by atoms with Crippen LogP contribution in [-0.2, 0) is 23.8 Å². The van der Waals surface area contributed by atoms with Gasteiger partial charge in [0, 0.05) is 19.4 Å². The van der Waals surface area contributed by atoms with E-state index in [1.807, 2.05) is 0 Å². The fourth-order valence-corrected chi connectivity index (χ4v) is 6.60. The van der Waals surface area contributed by atoms with Crippen molar-refractivity contribution in [2.24, 2.45) is 0 Å². The summed E-state index contributed by atoms with van der Waals surface area (Å²) in [7, 11) is 0. The molecule has 0 saturated heterocycles. The average molecular weight is 809 g/mol. The van der Waals surface area contributed by atoms with Crippen molar-refractivity contribution >= 4 is 11.9 Å². The normalized spacial score (nSPS) is 12.8. The lowest BCUT2D eigenvalue weighted by atomic mass is 10.1. The van der Waals surface area contributed by atoms with Crippen LogP contribution in [0.5, 0.6) is 0 Å². The molecule has 0 N–H and O–H groups in total. The summed E-state index contributed by atoms with van der Waals surface area (Å²) < 4.78 is 17.3. The maximum absolute atomic E-state index is 12.7. The highest BCUT2D eigenvalue weighted by atomic mass is 16.6. The van der Waals surface area contributed by atoms with Crippen molar-refractivity contribution in [3.63, 3.8) is 0 Å². The van der Waals surface area contributed by atoms with Crippen molar-refractivity contribution in [2.75, 3.05) is 19.8 Å². The number of ether oxygens (including phenoxy) is 3. The van der Waals surface area contributed by atoms with Gasteiger partial charge in [-0.05, 0) is 83.5 Å². The predicted octanol–water partition coefficient (Wildman–Crippen LogP) is 16.3. The van der Waals surface area contributed by atoms with Crippen molar-refractivity contribution in [1.29, 1.82) is 0 Å². The monoisotopic (exact) mass is 809 g/mol. The van der Waals surface area contributed by atoms with E-state index in [1.165, 1.54) is 116 Å². The molecule has 1 unspecified atom stereocenters. The van der Waals surface area contributed by atoms with Crippen molar-refractivity contribution in [1.82, 2.24) is 0 Å². The van der Waals surface area contributed by atoms with E-state index in [0.717, 1.165) is 77.0 Å². The Balaban J connectivity index is 4.27. The molecule has 0 spiro atoms. The van der Waals surface area contributed by atoms with Gasteiger partial charge in [0.1, 0.15) is 6.61 Å². The Morgan fingerprint density at radius 3 is 1.31 bits per heavy atom. The number of esters is 2. The molecule has 0 radical (unpaired) electrons. The molecule has 0 rings (SSSR count). The summed E-state index contributed by atoms with van der Waals surface area (Å²) in [5.41, 5.74) is 0. The van der Waals surface area contributed by atoms with Gasteiger partial charge in [-0.25, -0.2) is 0 Å². The zero-order valence-electron chi connectivity index (χ0n) is 38.3. The first-order chi connectivity index (χ1) is 28.6. The summed E-state index contributed by atoms with van der Waals surface area (Å²) in [6.07, 6.45) is 62.0. The van der Waals surface area contributed by atoms with Crippen molar-refractivity contribution in [3.05, 3.63) is 72.9 Å². The van der Waals surface area contributed by atoms with E-state index in [-0.39, 0.29) is 25.2 Å². The average Bonchev–Trinajstić information content (AvgIpc) is 3.22. The molecule has 1 atom stereocenters. The summed E-state index contributed by atoms with van der Waals surface area (Å²) in [6, 6.07) is 0. The molecule has 0 aromatic heterocycles. The highest BCUT2D eigenvalue weighted by Crippen LogP contribution is 2.13. The van der Waals surface area contributed by atoms with Gasteiger partial charge < -0.3 is 14.2 Å². The highest BCUT2D eigenvalue weighted by molar-refractivity contribution is 5.70. The van der Waals surface area contributed by atoms with Crippen molar-refractivity contribution < 1.29 is 23.8 Å². The third kappa shape index (κ3) is 46.0. The fourth-order valence-electron chi connectivity index (χ4n) is 6.60. The topological polar surface area (TPSA) is 61.8 Å². The summed E-state index contributed by atoms with van der Waals surface area (Å²) in [5.74, 6) is -0.469. The van der Waals surface area contributed by atoms with E-state index in [9.17, 15) is 9.59 Å². The minimum Gasteiger partial charge on any atom is -0.462 e. The quantitative estimate of drug-likeness (QED) is 0.0348. The van der Waals surface area contributed by atoms with Crippen LogP contribution in [0.15, 0.2) is 72.9 Å².